The van der Waals surface area contributed by atoms with Gasteiger partial charge in [0.05, 0.1) is 12.1 Å². The first-order valence-electron chi connectivity index (χ1n) is 6.58. The van der Waals surface area contributed by atoms with Crippen molar-refractivity contribution in [3.05, 3.63) is 45.7 Å². The molecule has 0 fully saturated rings. The number of aromatic nitrogens is 1. The molecule has 0 aliphatic heterocycles. The van der Waals surface area contributed by atoms with E-state index in [0.717, 1.165) is 0 Å². The molecular formula is C15H17ClN2O3. The summed E-state index contributed by atoms with van der Waals surface area (Å²) < 4.78 is 6.68. The Kier molecular flexibility index (Phi) is 4.98. The summed E-state index contributed by atoms with van der Waals surface area (Å²) in [7, 11) is 1.58. The molecule has 1 aromatic carbocycles. The van der Waals surface area contributed by atoms with Crippen LogP contribution in [0.4, 0.5) is 0 Å². The number of amides is 1. The maximum atomic E-state index is 12.0. The van der Waals surface area contributed by atoms with Crippen molar-refractivity contribution in [1.29, 1.82) is 0 Å². The van der Waals surface area contributed by atoms with Crippen LogP contribution in [0.1, 0.15) is 6.92 Å². The SMILES string of the molecule is COC[C@H](C)NC(=O)Cn1ccc(=O)c2ccc(Cl)cc21. The third-order valence-corrected chi connectivity index (χ3v) is 3.31. The van der Waals surface area contributed by atoms with Crippen molar-refractivity contribution in [3.63, 3.8) is 0 Å². The smallest absolute Gasteiger partial charge is 0.240 e. The number of hydrogen-bond acceptors (Lipinski definition) is 3. The lowest BCUT2D eigenvalue weighted by atomic mass is 10.2. The van der Waals surface area contributed by atoms with E-state index < -0.39 is 0 Å². The highest BCUT2D eigenvalue weighted by atomic mass is 35.5. The Morgan fingerprint density at radius 2 is 2.19 bits per heavy atom. The van der Waals surface area contributed by atoms with Crippen LogP contribution in [-0.4, -0.2) is 30.2 Å². The standard InChI is InChI=1S/C15H17ClN2O3/c1-10(9-21-2)17-15(20)8-18-6-5-14(19)12-4-3-11(16)7-13(12)18/h3-7,10H,8-9H2,1-2H3,(H,17,20)/t10-/m0/s1. The van der Waals surface area contributed by atoms with Crippen molar-refractivity contribution < 1.29 is 9.53 Å². The van der Waals surface area contributed by atoms with E-state index in [1.165, 1.54) is 6.07 Å². The third-order valence-electron chi connectivity index (χ3n) is 3.08. The van der Waals surface area contributed by atoms with Crippen LogP contribution in [0, 0.1) is 0 Å². The van der Waals surface area contributed by atoms with Crippen LogP contribution < -0.4 is 10.7 Å². The maximum absolute atomic E-state index is 12.0. The highest BCUT2D eigenvalue weighted by Gasteiger charge is 2.10. The zero-order chi connectivity index (χ0) is 15.4. The summed E-state index contributed by atoms with van der Waals surface area (Å²) in [6.45, 7) is 2.43. The number of halogens is 1. The van der Waals surface area contributed by atoms with Crippen LogP contribution in [0.5, 0.6) is 0 Å². The summed E-state index contributed by atoms with van der Waals surface area (Å²) in [6.07, 6.45) is 1.60. The van der Waals surface area contributed by atoms with E-state index in [1.54, 1.807) is 36.1 Å². The molecule has 112 valence electrons. The topological polar surface area (TPSA) is 60.3 Å². The predicted molar refractivity (Wildman–Crippen MR) is 82.7 cm³/mol. The summed E-state index contributed by atoms with van der Waals surface area (Å²) >= 11 is 5.97. The van der Waals surface area contributed by atoms with Gasteiger partial charge in [0, 0.05) is 35.8 Å². The fourth-order valence-corrected chi connectivity index (χ4v) is 2.35. The Hall–Kier alpha value is -1.85. The molecule has 1 aromatic heterocycles. The molecule has 1 amide bonds. The fourth-order valence-electron chi connectivity index (χ4n) is 2.18. The first-order chi connectivity index (χ1) is 10.0. The Morgan fingerprint density at radius 3 is 2.90 bits per heavy atom. The molecule has 1 atom stereocenters. The highest BCUT2D eigenvalue weighted by Crippen LogP contribution is 2.16. The van der Waals surface area contributed by atoms with Crippen molar-refractivity contribution in [2.75, 3.05) is 13.7 Å². The number of rotatable bonds is 5. The first kappa shape index (κ1) is 15.5. The third kappa shape index (κ3) is 3.83. The average molecular weight is 309 g/mol. The van der Waals surface area contributed by atoms with Gasteiger partial charge in [0.25, 0.3) is 0 Å². The fraction of sp³-hybridized carbons (Fsp3) is 0.333. The number of fused-ring (bicyclic) bond motifs is 1. The molecule has 0 saturated heterocycles. The zero-order valence-corrected chi connectivity index (χ0v) is 12.7. The van der Waals surface area contributed by atoms with Crippen molar-refractivity contribution in [2.45, 2.75) is 19.5 Å². The first-order valence-corrected chi connectivity index (χ1v) is 6.96. The molecule has 5 nitrogen and oxygen atoms in total. The molecule has 0 aliphatic carbocycles. The van der Waals surface area contributed by atoms with Crippen LogP contribution in [0.15, 0.2) is 35.3 Å². The lowest BCUT2D eigenvalue weighted by Crippen LogP contribution is -2.37. The average Bonchev–Trinajstić information content (AvgIpc) is 2.42. The van der Waals surface area contributed by atoms with E-state index in [2.05, 4.69) is 5.32 Å². The maximum Gasteiger partial charge on any atom is 0.240 e. The number of ether oxygens (including phenoxy) is 1. The second kappa shape index (κ2) is 6.74. The van der Waals surface area contributed by atoms with Gasteiger partial charge in [-0.25, -0.2) is 0 Å². The number of methoxy groups -OCH3 is 1. The van der Waals surface area contributed by atoms with Gasteiger partial charge in [-0.3, -0.25) is 9.59 Å². The number of nitrogens with zero attached hydrogens (tertiary/aromatic N) is 1. The van der Waals surface area contributed by atoms with E-state index in [-0.39, 0.29) is 23.9 Å². The normalized spacial score (nSPS) is 12.3. The van der Waals surface area contributed by atoms with Gasteiger partial charge in [-0.1, -0.05) is 11.6 Å². The summed E-state index contributed by atoms with van der Waals surface area (Å²) in [4.78, 5) is 23.8. The monoisotopic (exact) mass is 308 g/mol. The van der Waals surface area contributed by atoms with E-state index in [4.69, 9.17) is 16.3 Å². The lowest BCUT2D eigenvalue weighted by molar-refractivity contribution is -0.122. The van der Waals surface area contributed by atoms with Crippen LogP contribution >= 0.6 is 11.6 Å². The number of carbonyl (C=O) groups excluding carboxylic acids is 1. The minimum atomic E-state index is -0.149. The molecule has 0 radical (unpaired) electrons. The molecule has 6 heteroatoms. The van der Waals surface area contributed by atoms with Crippen molar-refractivity contribution in [3.8, 4) is 0 Å². The van der Waals surface area contributed by atoms with Crippen LogP contribution in [-0.2, 0) is 16.1 Å². The van der Waals surface area contributed by atoms with Crippen LogP contribution in [0.25, 0.3) is 10.9 Å². The molecule has 0 spiro atoms. The summed E-state index contributed by atoms with van der Waals surface area (Å²) in [5, 5.41) is 3.89. The molecule has 0 unspecified atom stereocenters. The second-order valence-electron chi connectivity index (χ2n) is 4.89. The van der Waals surface area contributed by atoms with Gasteiger partial charge in [-0.15, -0.1) is 0 Å². The highest BCUT2D eigenvalue weighted by molar-refractivity contribution is 6.31. The molecule has 2 rings (SSSR count). The quantitative estimate of drug-likeness (QED) is 0.916. The molecule has 21 heavy (non-hydrogen) atoms. The van der Waals surface area contributed by atoms with Crippen molar-refractivity contribution in [1.82, 2.24) is 9.88 Å². The number of benzene rings is 1. The van der Waals surface area contributed by atoms with Gasteiger partial charge in [-0.2, -0.15) is 0 Å². The van der Waals surface area contributed by atoms with E-state index in [1.807, 2.05) is 6.92 Å². The molecular weight excluding hydrogens is 292 g/mol. The van der Waals surface area contributed by atoms with Crippen molar-refractivity contribution in [2.24, 2.45) is 0 Å². The summed E-state index contributed by atoms with van der Waals surface area (Å²) in [5.74, 6) is -0.149. The van der Waals surface area contributed by atoms with Crippen LogP contribution in [0.3, 0.4) is 0 Å². The van der Waals surface area contributed by atoms with Crippen molar-refractivity contribution >= 4 is 28.4 Å². The van der Waals surface area contributed by atoms with Crippen LogP contribution in [0.2, 0.25) is 5.02 Å². The molecule has 1 N–H and O–H groups in total. The van der Waals surface area contributed by atoms with Gasteiger partial charge in [0.15, 0.2) is 5.43 Å². The summed E-state index contributed by atoms with van der Waals surface area (Å²) in [5.41, 5.74) is 0.552. The molecule has 0 saturated carbocycles. The Labute approximate surface area is 127 Å². The Morgan fingerprint density at radius 1 is 1.43 bits per heavy atom. The number of nitrogens with one attached hydrogen (secondary N) is 1. The van der Waals surface area contributed by atoms with Gasteiger partial charge < -0.3 is 14.6 Å². The van der Waals surface area contributed by atoms with Gasteiger partial charge >= 0.3 is 0 Å². The van der Waals surface area contributed by atoms with Gasteiger partial charge in [-0.05, 0) is 25.1 Å². The minimum Gasteiger partial charge on any atom is -0.383 e. The number of hydrogen-bond donors (Lipinski definition) is 1. The van der Waals surface area contributed by atoms with E-state index >= 15 is 0 Å². The second-order valence-corrected chi connectivity index (χ2v) is 5.33. The van der Waals surface area contributed by atoms with Gasteiger partial charge in [0.2, 0.25) is 5.91 Å². The zero-order valence-electron chi connectivity index (χ0n) is 11.9. The van der Waals surface area contributed by atoms with E-state index in [9.17, 15) is 9.59 Å². The Bertz CT molecular complexity index is 712. The molecule has 2 aromatic rings. The largest absolute Gasteiger partial charge is 0.383 e. The molecule has 0 bridgehead atoms. The lowest BCUT2D eigenvalue weighted by Gasteiger charge is -2.15. The Balaban J connectivity index is 2.26. The van der Waals surface area contributed by atoms with Gasteiger partial charge in [0.1, 0.15) is 6.54 Å². The predicted octanol–water partition coefficient (Wildman–Crippen LogP) is 1.81. The molecule has 0 aliphatic rings. The number of pyridine rings is 1. The summed E-state index contributed by atoms with van der Waals surface area (Å²) in [6, 6.07) is 6.39. The molecule has 1 heterocycles. The van der Waals surface area contributed by atoms with E-state index in [0.29, 0.717) is 22.5 Å². The number of carbonyl (C=O) groups is 1. The minimum absolute atomic E-state index is 0.0725.